The molecule has 0 radical (unpaired) electrons. The van der Waals surface area contributed by atoms with Gasteiger partial charge in [-0.05, 0) is 51.5 Å². The van der Waals surface area contributed by atoms with Gasteiger partial charge in [-0.1, -0.05) is 44.9 Å². The van der Waals surface area contributed by atoms with Crippen molar-refractivity contribution in [3.05, 3.63) is 36.0 Å². The fourth-order valence-electron chi connectivity index (χ4n) is 2.96. The summed E-state index contributed by atoms with van der Waals surface area (Å²) in [5.41, 5.74) is 3.33. The summed E-state index contributed by atoms with van der Waals surface area (Å²) in [6.07, 6.45) is 5.16. The number of hydrogen-bond donors (Lipinski definition) is 1. The first kappa shape index (κ1) is 17.7. The quantitative estimate of drug-likeness (QED) is 0.635. The molecule has 0 aliphatic carbocycles. The lowest BCUT2D eigenvalue weighted by Crippen LogP contribution is -2.23. The monoisotopic (exact) mass is 313 g/mol. The van der Waals surface area contributed by atoms with Crippen LogP contribution in [0.25, 0.3) is 10.9 Å². The summed E-state index contributed by atoms with van der Waals surface area (Å²) < 4.78 is 0. The Morgan fingerprint density at radius 2 is 1.74 bits per heavy atom. The zero-order valence-electron chi connectivity index (χ0n) is 14.9. The van der Waals surface area contributed by atoms with E-state index in [-0.39, 0.29) is 0 Å². The third-order valence-corrected chi connectivity index (χ3v) is 4.47. The molecule has 0 spiro atoms. The van der Waals surface area contributed by atoms with E-state index in [4.69, 9.17) is 0 Å². The molecule has 1 N–H and O–H groups in total. The van der Waals surface area contributed by atoms with Gasteiger partial charge in [-0.15, -0.1) is 0 Å². The van der Waals surface area contributed by atoms with E-state index < -0.39 is 0 Å². The van der Waals surface area contributed by atoms with Gasteiger partial charge in [0, 0.05) is 17.6 Å². The van der Waals surface area contributed by atoms with Crippen LogP contribution < -0.4 is 5.32 Å². The number of rotatable bonds is 10. The Kier molecular flexibility index (Phi) is 7.34. The van der Waals surface area contributed by atoms with E-state index in [1.54, 1.807) is 0 Å². The molecular formula is C20H31N3. The standard InChI is InChI=1S/C20H31N3/c1-4-23(5-2)16-9-7-6-8-15-21-19-12-10-11-18-14-13-17(3)22-20(18)19/h10-14,21H,4-9,15-16H2,1-3H3. The van der Waals surface area contributed by atoms with Crippen molar-refractivity contribution in [2.24, 2.45) is 0 Å². The lowest BCUT2D eigenvalue weighted by atomic mass is 10.1. The summed E-state index contributed by atoms with van der Waals surface area (Å²) in [5.74, 6) is 0. The van der Waals surface area contributed by atoms with Crippen molar-refractivity contribution >= 4 is 16.6 Å². The Bertz CT molecular complexity index is 590. The highest BCUT2D eigenvalue weighted by Gasteiger charge is 2.02. The largest absolute Gasteiger partial charge is 0.383 e. The fourth-order valence-corrected chi connectivity index (χ4v) is 2.96. The molecule has 0 saturated carbocycles. The van der Waals surface area contributed by atoms with Gasteiger partial charge >= 0.3 is 0 Å². The first-order chi connectivity index (χ1) is 11.2. The van der Waals surface area contributed by atoms with E-state index >= 15 is 0 Å². The number of fused-ring (bicyclic) bond motifs is 1. The van der Waals surface area contributed by atoms with Crippen molar-refractivity contribution in [3.8, 4) is 0 Å². The second kappa shape index (κ2) is 9.51. The van der Waals surface area contributed by atoms with Crippen LogP contribution in [0.4, 0.5) is 5.69 Å². The van der Waals surface area contributed by atoms with E-state index in [1.807, 2.05) is 6.92 Å². The molecule has 2 aromatic rings. The van der Waals surface area contributed by atoms with Crippen LogP contribution in [-0.2, 0) is 0 Å². The summed E-state index contributed by atoms with van der Waals surface area (Å²) >= 11 is 0. The van der Waals surface area contributed by atoms with Crippen LogP contribution in [0.1, 0.15) is 45.2 Å². The second-order valence-electron chi connectivity index (χ2n) is 6.20. The summed E-state index contributed by atoms with van der Waals surface area (Å²) in [7, 11) is 0. The number of unbranched alkanes of at least 4 members (excludes halogenated alkanes) is 3. The predicted molar refractivity (Wildman–Crippen MR) is 101 cm³/mol. The van der Waals surface area contributed by atoms with Crippen LogP contribution in [0.15, 0.2) is 30.3 Å². The number of hydrogen-bond acceptors (Lipinski definition) is 3. The number of benzene rings is 1. The van der Waals surface area contributed by atoms with E-state index in [9.17, 15) is 0 Å². The number of aromatic nitrogens is 1. The maximum Gasteiger partial charge on any atom is 0.0936 e. The SMILES string of the molecule is CCN(CC)CCCCCCNc1cccc2ccc(C)nc12. The molecule has 3 nitrogen and oxygen atoms in total. The maximum absolute atomic E-state index is 4.67. The molecule has 0 amide bonds. The molecule has 1 aromatic heterocycles. The first-order valence-corrected chi connectivity index (χ1v) is 9.07. The second-order valence-corrected chi connectivity index (χ2v) is 6.20. The Morgan fingerprint density at radius 3 is 2.52 bits per heavy atom. The molecule has 1 heterocycles. The topological polar surface area (TPSA) is 28.2 Å². The minimum absolute atomic E-state index is 1.03. The number of pyridine rings is 1. The highest BCUT2D eigenvalue weighted by Crippen LogP contribution is 2.21. The number of para-hydroxylation sites is 1. The van der Waals surface area contributed by atoms with Crippen molar-refractivity contribution in [2.45, 2.75) is 46.5 Å². The summed E-state index contributed by atoms with van der Waals surface area (Å²) in [4.78, 5) is 7.18. The van der Waals surface area contributed by atoms with Gasteiger partial charge in [0.25, 0.3) is 0 Å². The van der Waals surface area contributed by atoms with Crippen molar-refractivity contribution in [3.63, 3.8) is 0 Å². The normalized spacial score (nSPS) is 11.3. The van der Waals surface area contributed by atoms with E-state index in [2.05, 4.69) is 59.4 Å². The zero-order chi connectivity index (χ0) is 16.5. The number of aryl methyl sites for hydroxylation is 1. The molecule has 0 fully saturated rings. The molecule has 0 aliphatic rings. The molecule has 126 valence electrons. The fraction of sp³-hybridized carbons (Fsp3) is 0.550. The van der Waals surface area contributed by atoms with Gasteiger partial charge < -0.3 is 10.2 Å². The molecule has 2 rings (SSSR count). The first-order valence-electron chi connectivity index (χ1n) is 9.07. The molecular weight excluding hydrogens is 282 g/mol. The Morgan fingerprint density at radius 1 is 0.957 bits per heavy atom. The molecule has 0 atom stereocenters. The van der Waals surface area contributed by atoms with Crippen LogP contribution >= 0.6 is 0 Å². The third-order valence-electron chi connectivity index (χ3n) is 4.47. The highest BCUT2D eigenvalue weighted by atomic mass is 15.1. The van der Waals surface area contributed by atoms with Gasteiger partial charge in [-0.3, -0.25) is 4.98 Å². The molecule has 0 bridgehead atoms. The average Bonchev–Trinajstić information content (AvgIpc) is 2.57. The third kappa shape index (κ3) is 5.51. The number of nitrogens with one attached hydrogen (secondary N) is 1. The van der Waals surface area contributed by atoms with Crippen LogP contribution in [-0.4, -0.2) is 36.1 Å². The number of nitrogens with zero attached hydrogens (tertiary/aromatic N) is 2. The lowest BCUT2D eigenvalue weighted by Gasteiger charge is -2.17. The molecule has 3 heteroatoms. The van der Waals surface area contributed by atoms with Crippen molar-refractivity contribution in [1.29, 1.82) is 0 Å². The van der Waals surface area contributed by atoms with Gasteiger partial charge in [-0.2, -0.15) is 0 Å². The lowest BCUT2D eigenvalue weighted by molar-refractivity contribution is 0.295. The molecule has 0 aliphatic heterocycles. The summed E-state index contributed by atoms with van der Waals surface area (Å²) in [6, 6.07) is 10.6. The minimum atomic E-state index is 1.03. The average molecular weight is 313 g/mol. The summed E-state index contributed by atoms with van der Waals surface area (Å²) in [5, 5.41) is 4.77. The molecule has 1 aromatic carbocycles. The van der Waals surface area contributed by atoms with Crippen LogP contribution in [0.3, 0.4) is 0 Å². The van der Waals surface area contributed by atoms with Gasteiger partial charge in [0.1, 0.15) is 0 Å². The van der Waals surface area contributed by atoms with E-state index in [0.717, 1.165) is 23.4 Å². The van der Waals surface area contributed by atoms with Crippen molar-refractivity contribution in [1.82, 2.24) is 9.88 Å². The van der Waals surface area contributed by atoms with Gasteiger partial charge in [-0.25, -0.2) is 0 Å². The highest BCUT2D eigenvalue weighted by molar-refractivity contribution is 5.90. The van der Waals surface area contributed by atoms with E-state index in [0.29, 0.717) is 0 Å². The van der Waals surface area contributed by atoms with Crippen molar-refractivity contribution in [2.75, 3.05) is 31.5 Å². The molecule has 0 unspecified atom stereocenters. The summed E-state index contributed by atoms with van der Waals surface area (Å²) in [6.45, 7) is 11.1. The van der Waals surface area contributed by atoms with Gasteiger partial charge in [0.2, 0.25) is 0 Å². The Hall–Kier alpha value is -1.61. The smallest absolute Gasteiger partial charge is 0.0936 e. The predicted octanol–water partition coefficient (Wildman–Crippen LogP) is 4.86. The maximum atomic E-state index is 4.67. The van der Waals surface area contributed by atoms with Crippen LogP contribution in [0, 0.1) is 6.92 Å². The Labute approximate surface area is 141 Å². The van der Waals surface area contributed by atoms with Gasteiger partial charge in [0.15, 0.2) is 0 Å². The molecule has 0 saturated heterocycles. The van der Waals surface area contributed by atoms with Crippen LogP contribution in [0.5, 0.6) is 0 Å². The van der Waals surface area contributed by atoms with Crippen molar-refractivity contribution < 1.29 is 0 Å². The Balaban J connectivity index is 1.72. The van der Waals surface area contributed by atoms with Crippen LogP contribution in [0.2, 0.25) is 0 Å². The van der Waals surface area contributed by atoms with E-state index in [1.165, 1.54) is 50.7 Å². The number of anilines is 1. The van der Waals surface area contributed by atoms with Gasteiger partial charge in [0.05, 0.1) is 11.2 Å². The molecule has 23 heavy (non-hydrogen) atoms. The zero-order valence-corrected chi connectivity index (χ0v) is 14.9. The minimum Gasteiger partial charge on any atom is -0.383 e.